The molecular formula is C33H21N3S. The maximum atomic E-state index is 7.56. The van der Waals surface area contributed by atoms with Crippen LogP contribution in [0.5, 0.6) is 0 Å². The van der Waals surface area contributed by atoms with Crippen molar-refractivity contribution in [3.05, 3.63) is 144 Å². The monoisotopic (exact) mass is 491 g/mol. The van der Waals surface area contributed by atoms with Crippen molar-refractivity contribution in [3.63, 3.8) is 0 Å². The first kappa shape index (κ1) is 21.7. The minimum Gasteiger partial charge on any atom is -0.288 e. The SMILES string of the molecule is [C-]#[N+]c1ccc(-c2ccc3c(c2)SC2=NC(c4ccccc4)C=C(c4ccccc4)N23)c2ccccc12. The van der Waals surface area contributed by atoms with Gasteiger partial charge in [-0.05, 0) is 63.0 Å². The lowest BCUT2D eigenvalue weighted by Crippen LogP contribution is -2.27. The molecule has 2 heterocycles. The van der Waals surface area contributed by atoms with Gasteiger partial charge in [-0.2, -0.15) is 0 Å². The third kappa shape index (κ3) is 3.64. The lowest BCUT2D eigenvalue weighted by atomic mass is 9.96. The first-order chi connectivity index (χ1) is 18.3. The quantitative estimate of drug-likeness (QED) is 0.235. The van der Waals surface area contributed by atoms with Crippen LogP contribution >= 0.6 is 11.8 Å². The standard InChI is InChI=1S/C33H21N3S/c1-34-28-18-17-25(26-14-8-9-15-27(26)28)24-16-19-30-32(20-24)37-33-35-29(22-10-4-2-5-11-22)21-31(36(30)33)23-12-6-3-7-13-23/h2-21,29H. The molecule has 0 radical (unpaired) electrons. The normalized spacial score (nSPS) is 16.0. The summed E-state index contributed by atoms with van der Waals surface area (Å²) >= 11 is 1.73. The number of amidine groups is 1. The van der Waals surface area contributed by atoms with E-state index in [9.17, 15) is 0 Å². The van der Waals surface area contributed by atoms with E-state index in [1.54, 1.807) is 11.8 Å². The Balaban J connectivity index is 1.36. The van der Waals surface area contributed by atoms with E-state index in [0.29, 0.717) is 5.69 Å². The van der Waals surface area contributed by atoms with Gasteiger partial charge in [-0.25, -0.2) is 9.84 Å². The van der Waals surface area contributed by atoms with Crippen LogP contribution in [0.4, 0.5) is 11.4 Å². The van der Waals surface area contributed by atoms with Gasteiger partial charge in [0.2, 0.25) is 0 Å². The minimum atomic E-state index is -0.0333. The van der Waals surface area contributed by atoms with E-state index < -0.39 is 0 Å². The summed E-state index contributed by atoms with van der Waals surface area (Å²) in [5.41, 5.74) is 7.64. The second-order valence-corrected chi connectivity index (χ2v) is 10.1. The van der Waals surface area contributed by atoms with Gasteiger partial charge in [-0.15, -0.1) is 0 Å². The number of anilines is 1. The number of fused-ring (bicyclic) bond motifs is 4. The van der Waals surface area contributed by atoms with E-state index in [1.807, 2.05) is 30.3 Å². The fourth-order valence-corrected chi connectivity index (χ4v) is 6.28. The Morgan fingerprint density at radius 1 is 0.730 bits per heavy atom. The van der Waals surface area contributed by atoms with Crippen LogP contribution in [-0.2, 0) is 0 Å². The highest BCUT2D eigenvalue weighted by atomic mass is 32.2. The van der Waals surface area contributed by atoms with Crippen molar-refractivity contribution in [2.24, 2.45) is 4.99 Å². The molecular weight excluding hydrogens is 470 g/mol. The van der Waals surface area contributed by atoms with Crippen molar-refractivity contribution in [2.45, 2.75) is 10.9 Å². The molecule has 174 valence electrons. The summed E-state index contributed by atoms with van der Waals surface area (Å²) in [6, 6.07) is 39.8. The van der Waals surface area contributed by atoms with E-state index in [0.717, 1.165) is 38.5 Å². The van der Waals surface area contributed by atoms with Gasteiger partial charge >= 0.3 is 0 Å². The molecule has 3 nitrogen and oxygen atoms in total. The summed E-state index contributed by atoms with van der Waals surface area (Å²) in [6.07, 6.45) is 2.27. The van der Waals surface area contributed by atoms with Crippen LogP contribution in [0, 0.1) is 6.57 Å². The van der Waals surface area contributed by atoms with Crippen molar-refractivity contribution in [1.29, 1.82) is 0 Å². The fourth-order valence-electron chi connectivity index (χ4n) is 5.18. The zero-order chi connectivity index (χ0) is 24.8. The Hall–Kier alpha value is -4.59. The Morgan fingerprint density at radius 3 is 2.24 bits per heavy atom. The second kappa shape index (κ2) is 8.81. The zero-order valence-corrected chi connectivity index (χ0v) is 20.7. The largest absolute Gasteiger partial charge is 0.288 e. The van der Waals surface area contributed by atoms with Crippen LogP contribution in [0.1, 0.15) is 17.2 Å². The Morgan fingerprint density at radius 2 is 1.46 bits per heavy atom. The Kier molecular flexibility index (Phi) is 5.16. The highest BCUT2D eigenvalue weighted by Gasteiger charge is 2.34. The molecule has 7 rings (SSSR count). The molecule has 0 saturated carbocycles. The molecule has 0 saturated heterocycles. The van der Waals surface area contributed by atoms with Gasteiger partial charge in [-0.1, -0.05) is 103 Å². The average Bonchev–Trinajstić information content (AvgIpc) is 3.35. The summed E-state index contributed by atoms with van der Waals surface area (Å²) in [4.78, 5) is 12.4. The van der Waals surface area contributed by atoms with E-state index in [-0.39, 0.29) is 6.04 Å². The fraction of sp³-hybridized carbons (Fsp3) is 0.0303. The molecule has 1 unspecified atom stereocenters. The summed E-state index contributed by atoms with van der Waals surface area (Å²) in [5.74, 6) is 0. The molecule has 4 heteroatoms. The molecule has 0 spiro atoms. The lowest BCUT2D eigenvalue weighted by Gasteiger charge is -2.29. The molecule has 0 amide bonds. The number of hydrogen-bond acceptors (Lipinski definition) is 3. The van der Waals surface area contributed by atoms with Gasteiger partial charge in [0.1, 0.15) is 0 Å². The van der Waals surface area contributed by atoms with Crippen LogP contribution in [0.15, 0.2) is 131 Å². The predicted molar refractivity (Wildman–Crippen MR) is 155 cm³/mol. The Labute approximate surface area is 220 Å². The van der Waals surface area contributed by atoms with E-state index in [2.05, 4.69) is 101 Å². The van der Waals surface area contributed by atoms with Crippen LogP contribution in [0.3, 0.4) is 0 Å². The average molecular weight is 492 g/mol. The predicted octanol–water partition coefficient (Wildman–Crippen LogP) is 9.12. The van der Waals surface area contributed by atoms with E-state index in [1.165, 1.54) is 16.0 Å². The van der Waals surface area contributed by atoms with Crippen LogP contribution in [0.25, 0.3) is 32.4 Å². The molecule has 0 aliphatic carbocycles. The smallest absolute Gasteiger partial charge is 0.194 e. The number of nitrogens with zero attached hydrogens (tertiary/aromatic N) is 3. The summed E-state index contributed by atoms with van der Waals surface area (Å²) in [5, 5.41) is 3.09. The van der Waals surface area contributed by atoms with Gasteiger partial charge in [0.15, 0.2) is 10.9 Å². The Bertz CT molecular complexity index is 1760. The number of rotatable bonds is 3. The molecule has 1 atom stereocenters. The van der Waals surface area contributed by atoms with Gasteiger partial charge in [0, 0.05) is 4.90 Å². The molecule has 0 N–H and O–H groups in total. The highest BCUT2D eigenvalue weighted by Crippen LogP contribution is 2.49. The van der Waals surface area contributed by atoms with Crippen LogP contribution in [0.2, 0.25) is 0 Å². The van der Waals surface area contributed by atoms with Crippen molar-refractivity contribution in [1.82, 2.24) is 0 Å². The molecule has 5 aromatic carbocycles. The van der Waals surface area contributed by atoms with E-state index >= 15 is 0 Å². The molecule has 0 bridgehead atoms. The van der Waals surface area contributed by atoms with Crippen molar-refractivity contribution < 1.29 is 0 Å². The number of benzene rings is 5. The molecule has 0 aromatic heterocycles. The number of hydrogen-bond donors (Lipinski definition) is 0. The zero-order valence-electron chi connectivity index (χ0n) is 19.9. The first-order valence-corrected chi connectivity index (χ1v) is 13.0. The summed E-state index contributed by atoms with van der Waals surface area (Å²) in [7, 11) is 0. The van der Waals surface area contributed by atoms with Gasteiger partial charge in [0.05, 0.1) is 24.0 Å². The third-order valence-corrected chi connectivity index (χ3v) is 7.96. The van der Waals surface area contributed by atoms with Crippen LogP contribution in [-0.4, -0.2) is 5.17 Å². The number of thioether (sulfide) groups is 1. The maximum Gasteiger partial charge on any atom is 0.194 e. The molecule has 37 heavy (non-hydrogen) atoms. The summed E-state index contributed by atoms with van der Waals surface area (Å²) in [6.45, 7) is 7.56. The van der Waals surface area contributed by atoms with Gasteiger partial charge < -0.3 is 0 Å². The topological polar surface area (TPSA) is 20.0 Å². The summed E-state index contributed by atoms with van der Waals surface area (Å²) < 4.78 is 0. The van der Waals surface area contributed by atoms with Gasteiger partial charge in [0.25, 0.3) is 0 Å². The third-order valence-electron chi connectivity index (χ3n) is 6.94. The molecule has 2 aliphatic heterocycles. The van der Waals surface area contributed by atoms with Gasteiger partial charge in [-0.3, -0.25) is 4.90 Å². The lowest BCUT2D eigenvalue weighted by molar-refractivity contribution is 0.899. The molecule has 2 aliphatic rings. The maximum absolute atomic E-state index is 7.56. The van der Waals surface area contributed by atoms with Crippen LogP contribution < -0.4 is 4.90 Å². The highest BCUT2D eigenvalue weighted by molar-refractivity contribution is 8.14. The molecule has 5 aromatic rings. The first-order valence-electron chi connectivity index (χ1n) is 12.2. The van der Waals surface area contributed by atoms with E-state index in [4.69, 9.17) is 11.6 Å². The van der Waals surface area contributed by atoms with Crippen molar-refractivity contribution in [3.8, 4) is 11.1 Å². The molecule has 0 fully saturated rings. The van der Waals surface area contributed by atoms with Crippen molar-refractivity contribution >= 4 is 44.8 Å². The second-order valence-electron chi connectivity index (χ2n) is 9.09. The minimum absolute atomic E-state index is 0.0333. The number of aliphatic imine (C=N–C) groups is 1. The van der Waals surface area contributed by atoms with Crippen molar-refractivity contribution in [2.75, 3.05) is 4.90 Å².